The summed E-state index contributed by atoms with van der Waals surface area (Å²) in [4.78, 5) is 0.985. The minimum atomic E-state index is -0.295. The van der Waals surface area contributed by atoms with Crippen LogP contribution >= 0.6 is 57.7 Å². The number of hydrogen-bond acceptors (Lipinski definition) is 1. The third-order valence-electron chi connectivity index (χ3n) is 2.36. The van der Waals surface area contributed by atoms with Gasteiger partial charge in [-0.15, -0.1) is 22.9 Å². The van der Waals surface area contributed by atoms with Crippen molar-refractivity contribution in [1.82, 2.24) is 0 Å². The molecule has 1 aromatic carbocycles. The van der Waals surface area contributed by atoms with Crippen LogP contribution in [0.2, 0.25) is 14.4 Å². The molecule has 2 rings (SSSR count). The molecule has 1 heterocycles. The van der Waals surface area contributed by atoms with Gasteiger partial charge in [-0.05, 0) is 36.2 Å². The minimum Gasteiger partial charge on any atom is -0.126 e. The molecule has 0 saturated carbocycles. The van der Waals surface area contributed by atoms with E-state index >= 15 is 0 Å². The van der Waals surface area contributed by atoms with Crippen LogP contribution < -0.4 is 0 Å². The molecular formula is C12H8Cl4S. The maximum atomic E-state index is 6.40. The number of aryl methyl sites for hydroxylation is 1. The van der Waals surface area contributed by atoms with Gasteiger partial charge in [0.2, 0.25) is 0 Å². The van der Waals surface area contributed by atoms with Gasteiger partial charge in [0.15, 0.2) is 0 Å². The van der Waals surface area contributed by atoms with Gasteiger partial charge in [-0.25, -0.2) is 0 Å². The molecule has 90 valence electrons. The lowest BCUT2D eigenvalue weighted by atomic mass is 10.1. The number of halogens is 4. The predicted molar refractivity (Wildman–Crippen MR) is 78.2 cm³/mol. The predicted octanol–water partition coefficient (Wildman–Crippen LogP) is 6.34. The number of hydrogen-bond donors (Lipinski definition) is 0. The van der Waals surface area contributed by atoms with E-state index < -0.39 is 0 Å². The normalized spacial score (nSPS) is 12.8. The smallest absolute Gasteiger partial charge is 0.0960 e. The Hall–Kier alpha value is 0.0800. The van der Waals surface area contributed by atoms with Crippen molar-refractivity contribution >= 4 is 57.7 Å². The van der Waals surface area contributed by atoms with Gasteiger partial charge in [-0.2, -0.15) is 0 Å². The monoisotopic (exact) mass is 324 g/mol. The van der Waals surface area contributed by atoms with Crippen LogP contribution in [0.3, 0.4) is 0 Å². The van der Waals surface area contributed by atoms with Crippen LogP contribution in [-0.4, -0.2) is 0 Å². The van der Waals surface area contributed by atoms with Crippen molar-refractivity contribution in [3.8, 4) is 0 Å². The summed E-state index contributed by atoms with van der Waals surface area (Å²) >= 11 is 25.9. The molecule has 0 aliphatic rings. The summed E-state index contributed by atoms with van der Waals surface area (Å²) in [5, 5.41) is 0.874. The van der Waals surface area contributed by atoms with Gasteiger partial charge in [-0.1, -0.05) is 40.9 Å². The first kappa shape index (κ1) is 13.5. The van der Waals surface area contributed by atoms with Gasteiger partial charge in [0.1, 0.15) is 0 Å². The van der Waals surface area contributed by atoms with E-state index in [9.17, 15) is 0 Å². The lowest BCUT2D eigenvalue weighted by Gasteiger charge is -2.09. The molecule has 0 fully saturated rings. The highest BCUT2D eigenvalue weighted by atomic mass is 35.5. The first-order chi connectivity index (χ1) is 7.99. The Bertz CT molecular complexity index is 528. The molecule has 2 aromatic rings. The van der Waals surface area contributed by atoms with Crippen molar-refractivity contribution in [1.29, 1.82) is 0 Å². The van der Waals surface area contributed by atoms with E-state index in [1.807, 2.05) is 19.1 Å². The van der Waals surface area contributed by atoms with Crippen molar-refractivity contribution in [2.75, 3.05) is 0 Å². The van der Waals surface area contributed by atoms with Crippen LogP contribution in [0.1, 0.15) is 21.4 Å². The van der Waals surface area contributed by atoms with Crippen molar-refractivity contribution in [2.24, 2.45) is 0 Å². The van der Waals surface area contributed by atoms with Gasteiger partial charge < -0.3 is 0 Å². The Kier molecular flexibility index (Phi) is 4.27. The quantitative estimate of drug-likeness (QED) is 0.565. The Morgan fingerprint density at radius 1 is 1.12 bits per heavy atom. The standard InChI is InChI=1S/C12H8Cl4S/c1-6-4-10(17-12(6)16)11(15)8-3-2-7(13)5-9(8)14/h2-5,11H,1H3. The molecule has 0 saturated heterocycles. The largest absolute Gasteiger partial charge is 0.126 e. The number of thiophene rings is 1. The van der Waals surface area contributed by atoms with Crippen molar-refractivity contribution < 1.29 is 0 Å². The first-order valence-corrected chi connectivity index (χ1v) is 7.22. The molecule has 0 aliphatic carbocycles. The molecule has 0 nitrogen and oxygen atoms in total. The van der Waals surface area contributed by atoms with Gasteiger partial charge in [0, 0.05) is 14.9 Å². The zero-order valence-corrected chi connectivity index (χ0v) is 12.6. The minimum absolute atomic E-state index is 0.295. The summed E-state index contributed by atoms with van der Waals surface area (Å²) in [6.07, 6.45) is 0. The second-order valence-electron chi connectivity index (χ2n) is 3.63. The van der Waals surface area contributed by atoms with Crippen LogP contribution in [0, 0.1) is 6.92 Å². The molecular weight excluding hydrogens is 318 g/mol. The summed E-state index contributed by atoms with van der Waals surface area (Å²) in [5.41, 5.74) is 1.87. The maximum Gasteiger partial charge on any atom is 0.0960 e. The SMILES string of the molecule is Cc1cc(C(Cl)c2ccc(Cl)cc2Cl)sc1Cl. The summed E-state index contributed by atoms with van der Waals surface area (Å²) < 4.78 is 0.760. The molecule has 0 aliphatic heterocycles. The van der Waals surface area contributed by atoms with Gasteiger partial charge in [0.25, 0.3) is 0 Å². The van der Waals surface area contributed by atoms with E-state index in [-0.39, 0.29) is 5.38 Å². The first-order valence-electron chi connectivity index (χ1n) is 4.84. The molecule has 17 heavy (non-hydrogen) atoms. The van der Waals surface area contributed by atoms with E-state index in [2.05, 4.69) is 0 Å². The average molecular weight is 326 g/mol. The molecule has 1 atom stereocenters. The molecule has 1 unspecified atom stereocenters. The van der Waals surface area contributed by atoms with Crippen LogP contribution in [0.25, 0.3) is 0 Å². The van der Waals surface area contributed by atoms with Crippen molar-refractivity contribution in [2.45, 2.75) is 12.3 Å². The van der Waals surface area contributed by atoms with Crippen molar-refractivity contribution in [3.63, 3.8) is 0 Å². The van der Waals surface area contributed by atoms with E-state index in [1.165, 1.54) is 11.3 Å². The Labute approximate surface area is 124 Å². The zero-order valence-electron chi connectivity index (χ0n) is 8.81. The second-order valence-corrected chi connectivity index (χ2v) is 6.60. The number of rotatable bonds is 2. The van der Waals surface area contributed by atoms with Gasteiger partial charge in [0.05, 0.1) is 9.71 Å². The van der Waals surface area contributed by atoms with Crippen LogP contribution in [-0.2, 0) is 0 Å². The van der Waals surface area contributed by atoms with E-state index in [4.69, 9.17) is 46.4 Å². The molecule has 5 heteroatoms. The highest BCUT2D eigenvalue weighted by Crippen LogP contribution is 2.40. The molecule has 0 bridgehead atoms. The lowest BCUT2D eigenvalue weighted by molar-refractivity contribution is 1.18. The summed E-state index contributed by atoms with van der Waals surface area (Å²) in [6.45, 7) is 1.95. The van der Waals surface area contributed by atoms with Crippen LogP contribution in [0.4, 0.5) is 0 Å². The molecule has 0 spiro atoms. The highest BCUT2D eigenvalue weighted by Gasteiger charge is 2.17. The van der Waals surface area contributed by atoms with Crippen molar-refractivity contribution in [3.05, 3.63) is 54.7 Å². The third-order valence-corrected chi connectivity index (χ3v) is 5.14. The molecule has 0 amide bonds. The van der Waals surface area contributed by atoms with Crippen LogP contribution in [0.15, 0.2) is 24.3 Å². The molecule has 0 radical (unpaired) electrons. The topological polar surface area (TPSA) is 0 Å². The average Bonchev–Trinajstić information content (AvgIpc) is 2.58. The maximum absolute atomic E-state index is 6.40. The van der Waals surface area contributed by atoms with E-state index in [0.29, 0.717) is 10.0 Å². The fourth-order valence-electron chi connectivity index (χ4n) is 1.47. The summed E-state index contributed by atoms with van der Waals surface area (Å²) in [6, 6.07) is 7.29. The Morgan fingerprint density at radius 2 is 1.82 bits per heavy atom. The summed E-state index contributed by atoms with van der Waals surface area (Å²) in [5.74, 6) is 0. The zero-order chi connectivity index (χ0) is 12.6. The molecule has 1 aromatic heterocycles. The Morgan fingerprint density at radius 3 is 2.35 bits per heavy atom. The fraction of sp³-hybridized carbons (Fsp3) is 0.167. The van der Waals surface area contributed by atoms with Gasteiger partial charge in [-0.3, -0.25) is 0 Å². The molecule has 0 N–H and O–H groups in total. The second kappa shape index (κ2) is 5.38. The number of alkyl halides is 1. The number of benzene rings is 1. The van der Waals surface area contributed by atoms with E-state index in [0.717, 1.165) is 20.3 Å². The fourth-order valence-corrected chi connectivity index (χ4v) is 3.64. The lowest BCUT2D eigenvalue weighted by Crippen LogP contribution is -1.91. The highest BCUT2D eigenvalue weighted by molar-refractivity contribution is 7.16. The summed E-state index contributed by atoms with van der Waals surface area (Å²) in [7, 11) is 0. The third kappa shape index (κ3) is 2.91. The van der Waals surface area contributed by atoms with E-state index in [1.54, 1.807) is 12.1 Å². The van der Waals surface area contributed by atoms with Crippen LogP contribution in [0.5, 0.6) is 0 Å². The van der Waals surface area contributed by atoms with Gasteiger partial charge >= 0.3 is 0 Å². The Balaban J connectivity index is 2.39.